The van der Waals surface area contributed by atoms with Crippen molar-refractivity contribution in [3.8, 4) is 0 Å². The number of rotatable bonds is 5. The van der Waals surface area contributed by atoms with Gasteiger partial charge in [-0.25, -0.2) is 0 Å². The summed E-state index contributed by atoms with van der Waals surface area (Å²) in [5.74, 6) is -1.51. The molecule has 0 aromatic rings. The molecule has 0 bridgehead atoms. The molecule has 0 radical (unpaired) electrons. The van der Waals surface area contributed by atoms with Gasteiger partial charge in [-0.3, -0.25) is 23.5 Å². The molecule has 0 aromatic carbocycles. The molecule has 0 heterocycles. The van der Waals surface area contributed by atoms with Crippen LogP contribution in [0.25, 0.3) is 0 Å². The van der Waals surface area contributed by atoms with Crippen molar-refractivity contribution in [2.75, 3.05) is 13.2 Å². The molecule has 0 saturated heterocycles. The van der Waals surface area contributed by atoms with Crippen molar-refractivity contribution in [2.24, 2.45) is 0 Å². The standard InChI is InChI=1S/C9H14O6.Na.H2O3S.H/c1-6(10)13-4-9(15-8(3)12)5-14-7(2)11;;1-4(2)3;/h9H,4-5H2,1-3H3;;(H2,1,2,3);. The molecular formula is C9H17NaO9S. The molecule has 11 heteroatoms. The molecule has 0 rings (SSSR count). The zero-order valence-corrected chi connectivity index (χ0v) is 11.5. The van der Waals surface area contributed by atoms with Gasteiger partial charge in [0.25, 0.3) is 11.4 Å². The van der Waals surface area contributed by atoms with E-state index in [9.17, 15) is 14.4 Å². The zero-order chi connectivity index (χ0) is 15.4. The zero-order valence-electron chi connectivity index (χ0n) is 10.7. The first kappa shape index (κ1) is 24.5. The second-order valence-electron chi connectivity index (χ2n) is 3.07. The average molecular weight is 324 g/mol. The molecule has 114 valence electrons. The molecule has 20 heavy (non-hydrogen) atoms. The van der Waals surface area contributed by atoms with E-state index >= 15 is 0 Å². The molecule has 0 aliphatic rings. The van der Waals surface area contributed by atoms with Gasteiger partial charge in [0.2, 0.25) is 0 Å². The van der Waals surface area contributed by atoms with E-state index in [1.807, 2.05) is 0 Å². The van der Waals surface area contributed by atoms with Gasteiger partial charge in [-0.2, -0.15) is 4.21 Å². The fourth-order valence-corrected chi connectivity index (χ4v) is 0.771. The van der Waals surface area contributed by atoms with Gasteiger partial charge in [-0.15, -0.1) is 0 Å². The van der Waals surface area contributed by atoms with Crippen LogP contribution in [-0.4, -0.2) is 80.1 Å². The quantitative estimate of drug-likeness (QED) is 0.284. The molecule has 0 atom stereocenters. The molecule has 2 N–H and O–H groups in total. The van der Waals surface area contributed by atoms with E-state index in [2.05, 4.69) is 9.47 Å². The van der Waals surface area contributed by atoms with Crippen LogP contribution in [0.4, 0.5) is 0 Å². The molecule has 0 saturated carbocycles. The number of hydrogen-bond acceptors (Lipinski definition) is 7. The second-order valence-corrected chi connectivity index (χ2v) is 3.53. The third-order valence-electron chi connectivity index (χ3n) is 1.28. The number of ether oxygens (including phenoxy) is 3. The maximum atomic E-state index is 10.6. The third kappa shape index (κ3) is 26.1. The Labute approximate surface area is 140 Å². The average Bonchev–Trinajstić information content (AvgIpc) is 2.20. The van der Waals surface area contributed by atoms with Crippen molar-refractivity contribution in [1.82, 2.24) is 0 Å². The number of carbonyl (C=O) groups is 3. The van der Waals surface area contributed by atoms with E-state index in [4.69, 9.17) is 18.1 Å². The molecular weight excluding hydrogens is 307 g/mol. The Hall–Kier alpha value is -0.520. The fraction of sp³-hybridized carbons (Fsp3) is 0.667. The summed E-state index contributed by atoms with van der Waals surface area (Å²) in [7, 11) is 0. The minimum atomic E-state index is -2.61. The molecule has 0 aromatic heterocycles. The first-order valence-electron chi connectivity index (χ1n) is 4.89. The Morgan fingerprint density at radius 2 is 1.25 bits per heavy atom. The fourth-order valence-electron chi connectivity index (χ4n) is 0.771. The summed E-state index contributed by atoms with van der Waals surface area (Å²) in [6, 6.07) is 0. The summed E-state index contributed by atoms with van der Waals surface area (Å²) >= 11 is -2.61. The van der Waals surface area contributed by atoms with Crippen LogP contribution in [0, 0.1) is 0 Å². The summed E-state index contributed by atoms with van der Waals surface area (Å²) in [5, 5.41) is 0. The normalized spacial score (nSPS) is 8.95. The maximum absolute atomic E-state index is 10.6. The van der Waals surface area contributed by atoms with Gasteiger partial charge < -0.3 is 14.2 Å². The summed E-state index contributed by atoms with van der Waals surface area (Å²) in [4.78, 5) is 31.6. The van der Waals surface area contributed by atoms with Crippen molar-refractivity contribution in [3.05, 3.63) is 0 Å². The van der Waals surface area contributed by atoms with Gasteiger partial charge >= 0.3 is 47.5 Å². The Morgan fingerprint density at radius 1 is 0.950 bits per heavy atom. The van der Waals surface area contributed by atoms with E-state index in [0.717, 1.165) is 0 Å². The van der Waals surface area contributed by atoms with Gasteiger partial charge in [0.1, 0.15) is 13.2 Å². The van der Waals surface area contributed by atoms with E-state index in [1.165, 1.54) is 20.8 Å². The van der Waals surface area contributed by atoms with Crippen molar-refractivity contribution < 1.29 is 41.9 Å². The van der Waals surface area contributed by atoms with Crippen LogP contribution in [0.5, 0.6) is 0 Å². The van der Waals surface area contributed by atoms with Crippen LogP contribution in [0.1, 0.15) is 20.8 Å². The van der Waals surface area contributed by atoms with Gasteiger partial charge in [-0.05, 0) is 0 Å². The molecule has 0 aliphatic carbocycles. The van der Waals surface area contributed by atoms with E-state index < -0.39 is 35.4 Å². The Bertz CT molecular complexity index is 311. The van der Waals surface area contributed by atoms with E-state index in [0.29, 0.717) is 0 Å². The Morgan fingerprint density at radius 3 is 1.45 bits per heavy atom. The van der Waals surface area contributed by atoms with Gasteiger partial charge in [0.15, 0.2) is 6.10 Å². The molecule has 9 nitrogen and oxygen atoms in total. The predicted octanol–water partition coefficient (Wildman–Crippen LogP) is -0.923. The van der Waals surface area contributed by atoms with Crippen LogP contribution >= 0.6 is 0 Å². The summed E-state index contributed by atoms with van der Waals surface area (Å²) in [5.41, 5.74) is 0. The topological polar surface area (TPSA) is 136 Å². The molecule has 0 unspecified atom stereocenters. The molecule has 0 fully saturated rings. The van der Waals surface area contributed by atoms with Crippen LogP contribution in [-0.2, 0) is 40.0 Å². The molecule has 0 amide bonds. The second kappa shape index (κ2) is 14.9. The monoisotopic (exact) mass is 324 g/mol. The van der Waals surface area contributed by atoms with Crippen molar-refractivity contribution in [2.45, 2.75) is 26.9 Å². The van der Waals surface area contributed by atoms with Crippen molar-refractivity contribution >= 4 is 58.8 Å². The molecule has 0 spiro atoms. The van der Waals surface area contributed by atoms with Crippen LogP contribution in [0.2, 0.25) is 0 Å². The Balaban J connectivity index is -0.000000508. The Kier molecular flexibility index (Phi) is 18.2. The summed E-state index contributed by atoms with van der Waals surface area (Å²) in [6.45, 7) is 3.44. The number of esters is 3. The van der Waals surface area contributed by atoms with Crippen molar-refractivity contribution in [3.63, 3.8) is 0 Å². The first-order valence-corrected chi connectivity index (χ1v) is 5.95. The van der Waals surface area contributed by atoms with E-state index in [-0.39, 0.29) is 42.8 Å². The van der Waals surface area contributed by atoms with Gasteiger partial charge in [0.05, 0.1) is 0 Å². The van der Waals surface area contributed by atoms with Gasteiger partial charge in [-0.1, -0.05) is 0 Å². The summed E-state index contributed by atoms with van der Waals surface area (Å²) < 4.78 is 36.9. The first-order chi connectivity index (χ1) is 8.65. The predicted molar refractivity (Wildman–Crippen MR) is 69.4 cm³/mol. The van der Waals surface area contributed by atoms with Crippen molar-refractivity contribution in [1.29, 1.82) is 0 Å². The summed E-state index contributed by atoms with van der Waals surface area (Å²) in [6.07, 6.45) is -0.754. The van der Waals surface area contributed by atoms with Crippen LogP contribution in [0.15, 0.2) is 0 Å². The minimum absolute atomic E-state index is 0. The number of hydrogen-bond donors (Lipinski definition) is 2. The number of carbonyl (C=O) groups excluding carboxylic acids is 3. The third-order valence-corrected chi connectivity index (χ3v) is 1.28. The van der Waals surface area contributed by atoms with Gasteiger partial charge in [0, 0.05) is 20.8 Å². The van der Waals surface area contributed by atoms with Crippen LogP contribution < -0.4 is 0 Å². The molecule has 0 aliphatic heterocycles. The van der Waals surface area contributed by atoms with E-state index in [1.54, 1.807) is 0 Å². The van der Waals surface area contributed by atoms with Crippen LogP contribution in [0.3, 0.4) is 0 Å². The SMILES string of the molecule is CC(=O)OCC(COC(C)=O)OC(C)=O.O=S(O)O.[NaH].